The number of fused-ring (bicyclic) bond motifs is 1. The van der Waals surface area contributed by atoms with Crippen LogP contribution in [0.15, 0.2) is 64.8 Å². The van der Waals surface area contributed by atoms with Gasteiger partial charge < -0.3 is 10.2 Å². The molecule has 2 aliphatic heterocycles. The molecule has 2 heterocycles. The van der Waals surface area contributed by atoms with Crippen LogP contribution in [0, 0.1) is 18.8 Å². The van der Waals surface area contributed by atoms with E-state index in [2.05, 4.69) is 10.3 Å². The molecule has 2 unspecified atom stereocenters. The molecule has 28 heavy (non-hydrogen) atoms. The van der Waals surface area contributed by atoms with Gasteiger partial charge in [-0.1, -0.05) is 29.3 Å². The highest BCUT2D eigenvalue weighted by Gasteiger charge is 2.35. The Morgan fingerprint density at radius 2 is 1.89 bits per heavy atom. The smallest absolute Gasteiger partial charge is 0.251 e. The van der Waals surface area contributed by atoms with Gasteiger partial charge >= 0.3 is 0 Å². The number of aliphatic imine (C=N–C) groups is 1. The third kappa shape index (κ3) is 3.45. The number of allylic oxidation sites excluding steroid dienone is 3. The van der Waals surface area contributed by atoms with Gasteiger partial charge in [-0.15, -0.1) is 0 Å². The van der Waals surface area contributed by atoms with Crippen LogP contribution in [-0.2, 0) is 14.4 Å². The van der Waals surface area contributed by atoms with Gasteiger partial charge in [0.2, 0.25) is 11.8 Å². The van der Waals surface area contributed by atoms with E-state index in [1.807, 2.05) is 44.2 Å². The second-order valence-corrected chi connectivity index (χ2v) is 7.43. The molecule has 0 radical (unpaired) electrons. The summed E-state index contributed by atoms with van der Waals surface area (Å²) in [5.74, 6) is -1.01. The third-order valence-corrected chi connectivity index (χ3v) is 5.27. The first-order valence-electron chi connectivity index (χ1n) is 9.29. The van der Waals surface area contributed by atoms with E-state index in [9.17, 15) is 14.4 Å². The lowest BCUT2D eigenvalue weighted by atomic mass is 9.89. The van der Waals surface area contributed by atoms with Crippen LogP contribution in [0.5, 0.6) is 0 Å². The van der Waals surface area contributed by atoms with Crippen LogP contribution in [0.25, 0.3) is 0 Å². The predicted octanol–water partition coefficient (Wildman–Crippen LogP) is 2.46. The van der Waals surface area contributed by atoms with Gasteiger partial charge in [0.15, 0.2) is 0 Å². The molecule has 3 amide bonds. The van der Waals surface area contributed by atoms with E-state index in [4.69, 9.17) is 0 Å². The molecule has 1 aromatic carbocycles. The number of nitrogens with zero attached hydrogens (tertiary/aromatic N) is 2. The second-order valence-electron chi connectivity index (χ2n) is 7.43. The van der Waals surface area contributed by atoms with Crippen molar-refractivity contribution in [3.63, 3.8) is 0 Å². The Balaban J connectivity index is 1.49. The molecule has 1 N–H and O–H groups in total. The van der Waals surface area contributed by atoms with E-state index in [0.717, 1.165) is 22.5 Å². The highest BCUT2D eigenvalue weighted by Crippen LogP contribution is 2.28. The van der Waals surface area contributed by atoms with Crippen LogP contribution >= 0.6 is 0 Å². The summed E-state index contributed by atoms with van der Waals surface area (Å²) >= 11 is 0. The van der Waals surface area contributed by atoms with Crippen molar-refractivity contribution in [1.29, 1.82) is 0 Å². The number of aryl methyl sites for hydroxylation is 1. The summed E-state index contributed by atoms with van der Waals surface area (Å²) in [5.41, 5.74) is 4.08. The number of benzene rings is 1. The number of hydrogen-bond acceptors (Lipinski definition) is 3. The average Bonchev–Trinajstić information content (AvgIpc) is 3.04. The number of carbonyl (C=O) groups is 3. The molecular weight excluding hydrogens is 354 g/mol. The number of rotatable bonds is 2. The summed E-state index contributed by atoms with van der Waals surface area (Å²) in [7, 11) is 0. The van der Waals surface area contributed by atoms with E-state index in [0.29, 0.717) is 12.3 Å². The van der Waals surface area contributed by atoms with Crippen LogP contribution in [0.1, 0.15) is 18.9 Å². The average molecular weight is 375 g/mol. The zero-order chi connectivity index (χ0) is 19.8. The van der Waals surface area contributed by atoms with Crippen molar-refractivity contribution >= 4 is 29.1 Å². The molecule has 4 rings (SSSR count). The van der Waals surface area contributed by atoms with E-state index >= 15 is 0 Å². The van der Waals surface area contributed by atoms with Gasteiger partial charge in [0.1, 0.15) is 0 Å². The Hall–Kier alpha value is -3.28. The quantitative estimate of drug-likeness (QED) is 0.862. The Morgan fingerprint density at radius 3 is 2.64 bits per heavy atom. The molecule has 0 bridgehead atoms. The summed E-state index contributed by atoms with van der Waals surface area (Å²) in [4.78, 5) is 42.6. The lowest BCUT2D eigenvalue weighted by molar-refractivity contribution is -0.123. The topological polar surface area (TPSA) is 78.8 Å². The lowest BCUT2D eigenvalue weighted by Gasteiger charge is -2.25. The maximum Gasteiger partial charge on any atom is 0.251 e. The third-order valence-electron chi connectivity index (χ3n) is 5.27. The monoisotopic (exact) mass is 375 g/mol. The Kier molecular flexibility index (Phi) is 4.55. The van der Waals surface area contributed by atoms with Crippen LogP contribution in [0.2, 0.25) is 0 Å². The first kappa shape index (κ1) is 18.1. The fourth-order valence-corrected chi connectivity index (χ4v) is 3.72. The number of anilines is 1. The summed E-state index contributed by atoms with van der Waals surface area (Å²) < 4.78 is 0. The second kappa shape index (κ2) is 7.03. The molecule has 1 aromatic rings. The molecule has 2 atom stereocenters. The first-order valence-corrected chi connectivity index (χ1v) is 9.29. The van der Waals surface area contributed by atoms with Crippen molar-refractivity contribution < 1.29 is 14.4 Å². The van der Waals surface area contributed by atoms with E-state index in [1.54, 1.807) is 23.1 Å². The van der Waals surface area contributed by atoms with Gasteiger partial charge in [-0.05, 0) is 38.1 Å². The van der Waals surface area contributed by atoms with Crippen molar-refractivity contribution in [2.75, 3.05) is 11.4 Å². The van der Waals surface area contributed by atoms with Gasteiger partial charge in [0.05, 0.1) is 11.6 Å². The maximum atomic E-state index is 12.7. The highest BCUT2D eigenvalue weighted by molar-refractivity contribution is 6.12. The number of nitrogens with one attached hydrogen (secondary N) is 1. The minimum Gasteiger partial charge on any atom is -0.325 e. The van der Waals surface area contributed by atoms with E-state index in [1.165, 1.54) is 0 Å². The molecule has 1 aliphatic carbocycles. The fourth-order valence-electron chi connectivity index (χ4n) is 3.72. The molecule has 1 fully saturated rings. The minimum atomic E-state index is -0.464. The Morgan fingerprint density at radius 1 is 1.14 bits per heavy atom. The summed E-state index contributed by atoms with van der Waals surface area (Å²) in [6.45, 7) is 4.22. The maximum absolute atomic E-state index is 12.7. The fraction of sp³-hybridized carbons (Fsp3) is 0.273. The van der Waals surface area contributed by atoms with Crippen molar-refractivity contribution in [3.8, 4) is 0 Å². The Bertz CT molecular complexity index is 983. The Labute approximate surface area is 163 Å². The largest absolute Gasteiger partial charge is 0.325 e. The van der Waals surface area contributed by atoms with Gasteiger partial charge in [0, 0.05) is 36.3 Å². The van der Waals surface area contributed by atoms with Gasteiger partial charge in [-0.25, -0.2) is 4.99 Å². The van der Waals surface area contributed by atoms with E-state index < -0.39 is 5.92 Å². The summed E-state index contributed by atoms with van der Waals surface area (Å²) in [6.07, 6.45) is 7.17. The molecule has 0 saturated carbocycles. The first-order chi connectivity index (χ1) is 13.4. The highest BCUT2D eigenvalue weighted by atomic mass is 16.2. The summed E-state index contributed by atoms with van der Waals surface area (Å²) in [6, 6.07) is 7.68. The van der Waals surface area contributed by atoms with Crippen LogP contribution in [-0.4, -0.2) is 30.0 Å². The predicted molar refractivity (Wildman–Crippen MR) is 107 cm³/mol. The van der Waals surface area contributed by atoms with Crippen LogP contribution in [0.4, 0.5) is 5.69 Å². The molecule has 142 valence electrons. The normalized spacial score (nSPS) is 25.4. The zero-order valence-corrected chi connectivity index (χ0v) is 15.8. The number of amides is 3. The van der Waals surface area contributed by atoms with Crippen LogP contribution in [0.3, 0.4) is 0 Å². The van der Waals surface area contributed by atoms with Gasteiger partial charge in [0.25, 0.3) is 5.91 Å². The summed E-state index contributed by atoms with van der Waals surface area (Å²) in [5, 5.41) is 2.80. The molecular formula is C22H21N3O3. The van der Waals surface area contributed by atoms with Crippen molar-refractivity contribution in [1.82, 2.24) is 5.32 Å². The van der Waals surface area contributed by atoms with E-state index in [-0.39, 0.29) is 30.1 Å². The standard InChI is InChI=1S/C22H21N3O3/c1-13-3-6-17(7-4-13)25-12-15(10-21(25)27)22(28)23-16-5-8-18-14(2)9-20(26)24-19(18)11-16/h3-9,11,15,18H,10,12H2,1-2H3,(H,24,26). The molecule has 6 heteroatoms. The molecule has 1 saturated heterocycles. The number of hydrogen-bond donors (Lipinski definition) is 1. The van der Waals surface area contributed by atoms with Crippen molar-refractivity contribution in [2.45, 2.75) is 20.3 Å². The van der Waals surface area contributed by atoms with Gasteiger partial charge in [-0.3, -0.25) is 14.4 Å². The molecule has 0 aromatic heterocycles. The van der Waals surface area contributed by atoms with Crippen LogP contribution < -0.4 is 10.2 Å². The lowest BCUT2D eigenvalue weighted by Crippen LogP contribution is -2.32. The molecule has 0 spiro atoms. The SMILES string of the molecule is CC1=CC(=O)NC2=CC(=NC(=O)C3CC(=O)N(c4ccc(C)cc4)C3)C=CC12. The molecule has 3 aliphatic rings. The number of carbonyl (C=O) groups excluding carboxylic acids is 3. The van der Waals surface area contributed by atoms with Crippen molar-refractivity contribution in [2.24, 2.45) is 16.8 Å². The van der Waals surface area contributed by atoms with Gasteiger partial charge in [-0.2, -0.15) is 0 Å². The van der Waals surface area contributed by atoms with Crippen molar-refractivity contribution in [3.05, 3.63) is 65.4 Å². The zero-order valence-electron chi connectivity index (χ0n) is 15.8. The molecule has 6 nitrogen and oxygen atoms in total. The minimum absolute atomic E-state index is 0.0110.